The molecule has 27 heavy (non-hydrogen) atoms. The van der Waals surface area contributed by atoms with Crippen molar-refractivity contribution in [2.45, 2.75) is 32.0 Å². The normalized spacial score (nSPS) is 20.2. The Morgan fingerprint density at radius 1 is 1.30 bits per heavy atom. The van der Waals surface area contributed by atoms with Crippen molar-refractivity contribution in [3.8, 4) is 10.7 Å². The van der Waals surface area contributed by atoms with Gasteiger partial charge in [-0.3, -0.25) is 14.8 Å². The predicted molar refractivity (Wildman–Crippen MR) is 101 cm³/mol. The monoisotopic (exact) mass is 386 g/mol. The maximum absolute atomic E-state index is 13.8. The highest BCUT2D eigenvalue weighted by molar-refractivity contribution is 7.14. The van der Waals surface area contributed by atoms with Crippen molar-refractivity contribution < 1.29 is 9.18 Å². The van der Waals surface area contributed by atoms with E-state index in [1.807, 2.05) is 19.1 Å². The molecule has 3 aromatic heterocycles. The molecule has 1 saturated heterocycles. The summed E-state index contributed by atoms with van der Waals surface area (Å²) >= 11 is 1.48. The summed E-state index contributed by atoms with van der Waals surface area (Å²) in [7, 11) is 0. The van der Waals surface area contributed by atoms with E-state index in [4.69, 9.17) is 5.73 Å². The van der Waals surface area contributed by atoms with Gasteiger partial charge in [-0.25, -0.2) is 4.39 Å². The summed E-state index contributed by atoms with van der Waals surface area (Å²) in [6.45, 7) is 2.43. The number of hydrogen-bond donors (Lipinski definition) is 1. The van der Waals surface area contributed by atoms with Crippen molar-refractivity contribution >= 4 is 28.0 Å². The molecule has 1 fully saturated rings. The minimum absolute atomic E-state index is 0.0536. The van der Waals surface area contributed by atoms with Gasteiger partial charge in [0.15, 0.2) is 5.01 Å². The van der Waals surface area contributed by atoms with E-state index >= 15 is 0 Å². The van der Waals surface area contributed by atoms with E-state index in [0.717, 1.165) is 26.5 Å². The first-order valence-electron chi connectivity index (χ1n) is 8.72. The summed E-state index contributed by atoms with van der Waals surface area (Å²) in [5, 5.41) is 11.6. The molecular formula is C18H19FN6OS. The smallest absolute Gasteiger partial charge is 0.228 e. The molecule has 0 aromatic carbocycles. The van der Waals surface area contributed by atoms with Crippen molar-refractivity contribution in [2.75, 3.05) is 13.1 Å². The van der Waals surface area contributed by atoms with Crippen molar-refractivity contribution in [2.24, 2.45) is 5.73 Å². The molecule has 140 valence electrons. The molecule has 7 nitrogen and oxygen atoms in total. The maximum atomic E-state index is 13.8. The van der Waals surface area contributed by atoms with Crippen LogP contribution in [0, 0.1) is 6.92 Å². The molecule has 0 aliphatic carbocycles. The van der Waals surface area contributed by atoms with Crippen LogP contribution in [0.5, 0.6) is 0 Å². The number of alkyl halides is 1. The number of nitrogens with two attached hydrogens (primary N) is 1. The highest BCUT2D eigenvalue weighted by Crippen LogP contribution is 2.25. The molecule has 4 rings (SSSR count). The molecule has 9 heteroatoms. The molecule has 1 amide bonds. The lowest BCUT2D eigenvalue weighted by Crippen LogP contribution is -2.50. The number of rotatable bonds is 3. The molecule has 0 saturated carbocycles. The lowest BCUT2D eigenvalue weighted by molar-refractivity contribution is -0.132. The highest BCUT2D eigenvalue weighted by Gasteiger charge is 2.29. The molecule has 3 aromatic rings. The van der Waals surface area contributed by atoms with Crippen LogP contribution in [-0.4, -0.2) is 56.3 Å². The second kappa shape index (κ2) is 7.24. The van der Waals surface area contributed by atoms with Crippen LogP contribution in [0.3, 0.4) is 0 Å². The number of halogens is 1. The minimum atomic E-state index is -1.17. The Balaban J connectivity index is 1.54. The summed E-state index contributed by atoms with van der Waals surface area (Å²) in [5.41, 5.74) is 7.06. The van der Waals surface area contributed by atoms with Crippen molar-refractivity contribution in [1.29, 1.82) is 0 Å². The average Bonchev–Trinajstić information content (AvgIpc) is 3.09. The Kier molecular flexibility index (Phi) is 4.79. The van der Waals surface area contributed by atoms with Crippen LogP contribution in [0.4, 0.5) is 4.39 Å². The van der Waals surface area contributed by atoms with Gasteiger partial charge in [-0.2, -0.15) is 0 Å². The van der Waals surface area contributed by atoms with E-state index in [1.165, 1.54) is 16.2 Å². The lowest BCUT2D eigenvalue weighted by Gasteiger charge is -2.32. The molecule has 0 unspecified atom stereocenters. The fourth-order valence-electron chi connectivity index (χ4n) is 3.11. The topological polar surface area (TPSA) is 97.9 Å². The zero-order chi connectivity index (χ0) is 19.0. The summed E-state index contributed by atoms with van der Waals surface area (Å²) in [6.07, 6.45) is 2.88. The standard InChI is InChI=1S/C18H19FN6OS/c1-10-23-24-18(27-10)16-5-11-4-13(21-7-12(11)8-22-16)6-17(26)25-3-2-15(20)14(19)9-25/h4-5,7-8,14-15H,2-3,6,9,20H2,1H3/t14-,15+/m1/s1. The van der Waals surface area contributed by atoms with Crippen molar-refractivity contribution in [3.63, 3.8) is 0 Å². The Morgan fingerprint density at radius 3 is 2.85 bits per heavy atom. The number of aryl methyl sites for hydroxylation is 1. The van der Waals surface area contributed by atoms with Gasteiger partial charge in [0.05, 0.1) is 18.7 Å². The molecule has 0 spiro atoms. The number of carbonyl (C=O) groups is 1. The second-order valence-electron chi connectivity index (χ2n) is 6.70. The van der Waals surface area contributed by atoms with Gasteiger partial charge in [0, 0.05) is 30.4 Å². The van der Waals surface area contributed by atoms with Crippen LogP contribution >= 0.6 is 11.3 Å². The number of nitrogens with zero attached hydrogens (tertiary/aromatic N) is 5. The van der Waals surface area contributed by atoms with Crippen LogP contribution < -0.4 is 5.73 Å². The first kappa shape index (κ1) is 17.9. The van der Waals surface area contributed by atoms with Gasteiger partial charge >= 0.3 is 0 Å². The third-order valence-electron chi connectivity index (χ3n) is 4.68. The van der Waals surface area contributed by atoms with Crippen LogP contribution in [0.25, 0.3) is 21.5 Å². The fourth-order valence-corrected chi connectivity index (χ4v) is 3.77. The number of amides is 1. The predicted octanol–water partition coefficient (Wildman–Crippen LogP) is 1.90. The number of hydrogen-bond acceptors (Lipinski definition) is 7. The number of carbonyl (C=O) groups excluding carboxylic acids is 1. The molecule has 0 bridgehead atoms. The van der Waals surface area contributed by atoms with Gasteiger partial charge in [-0.1, -0.05) is 11.3 Å². The first-order chi connectivity index (χ1) is 13.0. The Labute approximate surface area is 159 Å². The third kappa shape index (κ3) is 3.79. The van der Waals surface area contributed by atoms with Crippen molar-refractivity contribution in [3.05, 3.63) is 35.2 Å². The van der Waals surface area contributed by atoms with Gasteiger partial charge in [0.25, 0.3) is 0 Å². The van der Waals surface area contributed by atoms with Crippen molar-refractivity contribution in [1.82, 2.24) is 25.1 Å². The quantitative estimate of drug-likeness (QED) is 0.738. The second-order valence-corrected chi connectivity index (χ2v) is 7.89. The lowest BCUT2D eigenvalue weighted by atomic mass is 10.0. The summed E-state index contributed by atoms with van der Waals surface area (Å²) in [4.78, 5) is 22.8. The third-order valence-corrected chi connectivity index (χ3v) is 5.54. The Bertz CT molecular complexity index is 993. The zero-order valence-electron chi connectivity index (χ0n) is 14.8. The van der Waals surface area contributed by atoms with Crippen LogP contribution in [0.15, 0.2) is 24.5 Å². The summed E-state index contributed by atoms with van der Waals surface area (Å²) in [5.74, 6) is -0.134. The molecule has 1 aliphatic rings. The molecule has 2 atom stereocenters. The van der Waals surface area contributed by atoms with E-state index < -0.39 is 12.2 Å². The van der Waals surface area contributed by atoms with E-state index in [1.54, 1.807) is 12.4 Å². The average molecular weight is 386 g/mol. The van der Waals surface area contributed by atoms with Crippen LogP contribution in [0.1, 0.15) is 17.1 Å². The van der Waals surface area contributed by atoms with Gasteiger partial charge in [-0.05, 0) is 30.9 Å². The fraction of sp³-hybridized carbons (Fsp3) is 0.389. The molecular weight excluding hydrogens is 367 g/mol. The van der Waals surface area contributed by atoms with E-state index in [9.17, 15) is 9.18 Å². The Hall–Kier alpha value is -2.52. The van der Waals surface area contributed by atoms with Crippen LogP contribution in [0.2, 0.25) is 0 Å². The summed E-state index contributed by atoms with van der Waals surface area (Å²) < 4.78 is 13.8. The first-order valence-corrected chi connectivity index (χ1v) is 9.54. The maximum Gasteiger partial charge on any atom is 0.228 e. The number of fused-ring (bicyclic) bond motifs is 1. The summed E-state index contributed by atoms with van der Waals surface area (Å²) in [6, 6.07) is 3.31. The van der Waals surface area contributed by atoms with Gasteiger partial charge in [0.2, 0.25) is 5.91 Å². The SMILES string of the molecule is Cc1nnc(-c2cc3cc(CC(=O)N4CC[C@H](N)[C@H](F)C4)ncc3cn2)s1. The molecule has 1 aliphatic heterocycles. The van der Waals surface area contributed by atoms with Gasteiger partial charge < -0.3 is 10.6 Å². The van der Waals surface area contributed by atoms with Gasteiger partial charge in [0.1, 0.15) is 16.9 Å². The highest BCUT2D eigenvalue weighted by atomic mass is 32.1. The molecule has 4 heterocycles. The van der Waals surface area contributed by atoms with E-state index in [0.29, 0.717) is 18.7 Å². The van der Waals surface area contributed by atoms with Gasteiger partial charge in [-0.15, -0.1) is 10.2 Å². The number of pyridine rings is 2. The number of piperidine rings is 1. The van der Waals surface area contributed by atoms with Crippen LogP contribution in [-0.2, 0) is 11.2 Å². The minimum Gasteiger partial charge on any atom is -0.339 e. The zero-order valence-corrected chi connectivity index (χ0v) is 15.6. The largest absolute Gasteiger partial charge is 0.339 e. The van der Waals surface area contributed by atoms with E-state index in [2.05, 4.69) is 20.2 Å². The van der Waals surface area contributed by atoms with E-state index in [-0.39, 0.29) is 18.9 Å². The molecule has 2 N–H and O–H groups in total. The number of likely N-dealkylation sites (tertiary alicyclic amines) is 1. The molecule has 0 radical (unpaired) electrons. The Morgan fingerprint density at radius 2 is 2.11 bits per heavy atom. The number of aromatic nitrogens is 4.